The van der Waals surface area contributed by atoms with E-state index in [1.807, 2.05) is 0 Å². The molecule has 0 radical (unpaired) electrons. The predicted octanol–water partition coefficient (Wildman–Crippen LogP) is -0.181. The van der Waals surface area contributed by atoms with Gasteiger partial charge in [0.05, 0.1) is 7.11 Å². The topological polar surface area (TPSA) is 112 Å². The Morgan fingerprint density at radius 2 is 2.22 bits per heavy atom. The van der Waals surface area contributed by atoms with Gasteiger partial charge in [-0.15, -0.1) is 0 Å². The van der Waals surface area contributed by atoms with E-state index in [1.54, 1.807) is 0 Å². The fourth-order valence-electron chi connectivity index (χ4n) is 2.04. The number of likely N-dealkylation sites (tertiary alicyclic amines) is 1. The van der Waals surface area contributed by atoms with Crippen LogP contribution in [0.15, 0.2) is 4.63 Å². The van der Waals surface area contributed by atoms with Crippen LogP contribution in [-0.2, 0) is 9.53 Å². The standard InChI is InChI=1S/C10H14N4O4/c1-17-10(16)6-4-2-3-5-14(6)9(15)7-8(11)13-18-12-7/h6H,2-5H2,1H3,(H2,11,13). The number of piperidine rings is 1. The molecule has 98 valence electrons. The molecule has 0 bridgehead atoms. The van der Waals surface area contributed by atoms with E-state index >= 15 is 0 Å². The summed E-state index contributed by atoms with van der Waals surface area (Å²) in [5, 5.41) is 6.81. The Bertz CT molecular complexity index is 458. The number of carbonyl (C=O) groups is 2. The predicted molar refractivity (Wildman–Crippen MR) is 59.4 cm³/mol. The van der Waals surface area contributed by atoms with Crippen LogP contribution in [0.25, 0.3) is 0 Å². The molecule has 0 saturated carbocycles. The number of amides is 1. The van der Waals surface area contributed by atoms with Gasteiger partial charge in [-0.05, 0) is 29.6 Å². The van der Waals surface area contributed by atoms with Crippen molar-refractivity contribution in [1.29, 1.82) is 0 Å². The molecule has 8 nitrogen and oxygen atoms in total. The van der Waals surface area contributed by atoms with Gasteiger partial charge in [-0.3, -0.25) is 4.79 Å². The maximum atomic E-state index is 12.2. The van der Waals surface area contributed by atoms with E-state index in [-0.39, 0.29) is 11.5 Å². The quantitative estimate of drug-likeness (QED) is 0.728. The summed E-state index contributed by atoms with van der Waals surface area (Å²) in [4.78, 5) is 25.2. The maximum absolute atomic E-state index is 12.2. The molecular weight excluding hydrogens is 240 g/mol. The molecule has 2 heterocycles. The summed E-state index contributed by atoms with van der Waals surface area (Å²) < 4.78 is 9.08. The van der Waals surface area contributed by atoms with Crippen LogP contribution < -0.4 is 5.73 Å². The van der Waals surface area contributed by atoms with Crippen LogP contribution in [0.4, 0.5) is 5.82 Å². The number of esters is 1. The Morgan fingerprint density at radius 1 is 1.44 bits per heavy atom. The molecular formula is C10H14N4O4. The minimum Gasteiger partial charge on any atom is -0.467 e. The van der Waals surface area contributed by atoms with E-state index in [1.165, 1.54) is 12.0 Å². The van der Waals surface area contributed by atoms with Crippen LogP contribution in [0.1, 0.15) is 29.8 Å². The van der Waals surface area contributed by atoms with E-state index in [2.05, 4.69) is 14.9 Å². The monoisotopic (exact) mass is 254 g/mol. The lowest BCUT2D eigenvalue weighted by molar-refractivity contribution is -0.147. The zero-order valence-corrected chi connectivity index (χ0v) is 9.96. The van der Waals surface area contributed by atoms with Gasteiger partial charge in [-0.25, -0.2) is 9.42 Å². The van der Waals surface area contributed by atoms with Crippen molar-refractivity contribution in [3.05, 3.63) is 5.69 Å². The van der Waals surface area contributed by atoms with Gasteiger partial charge in [0.1, 0.15) is 6.04 Å². The number of nitrogen functional groups attached to an aromatic ring is 1. The molecule has 1 aromatic heterocycles. The first-order valence-electron chi connectivity index (χ1n) is 5.62. The number of rotatable bonds is 2. The number of anilines is 1. The Labute approximate surface area is 103 Å². The summed E-state index contributed by atoms with van der Waals surface area (Å²) in [5.74, 6) is -0.962. The van der Waals surface area contributed by atoms with Crippen molar-refractivity contribution >= 4 is 17.7 Å². The van der Waals surface area contributed by atoms with Gasteiger partial charge in [0, 0.05) is 6.54 Å². The first-order valence-corrected chi connectivity index (χ1v) is 5.62. The van der Waals surface area contributed by atoms with Crippen LogP contribution in [0.3, 0.4) is 0 Å². The zero-order chi connectivity index (χ0) is 13.1. The average molecular weight is 254 g/mol. The molecule has 18 heavy (non-hydrogen) atoms. The highest BCUT2D eigenvalue weighted by molar-refractivity contribution is 5.98. The number of ether oxygens (including phenoxy) is 1. The van der Waals surface area contributed by atoms with Gasteiger partial charge in [-0.1, -0.05) is 0 Å². The molecule has 2 N–H and O–H groups in total. The highest BCUT2D eigenvalue weighted by Gasteiger charge is 2.35. The zero-order valence-electron chi connectivity index (χ0n) is 9.96. The third kappa shape index (κ3) is 2.13. The van der Waals surface area contributed by atoms with Gasteiger partial charge < -0.3 is 15.4 Å². The molecule has 1 amide bonds. The minimum absolute atomic E-state index is 0.0641. The third-order valence-electron chi connectivity index (χ3n) is 2.95. The maximum Gasteiger partial charge on any atom is 0.328 e. The Balaban J connectivity index is 2.21. The van der Waals surface area contributed by atoms with Crippen LogP contribution in [0.2, 0.25) is 0 Å². The summed E-state index contributed by atoms with van der Waals surface area (Å²) in [6, 6.07) is -0.590. The summed E-state index contributed by atoms with van der Waals surface area (Å²) >= 11 is 0. The molecule has 1 aromatic rings. The lowest BCUT2D eigenvalue weighted by Crippen LogP contribution is -2.48. The number of nitrogens with two attached hydrogens (primary N) is 1. The SMILES string of the molecule is COC(=O)C1CCCCN1C(=O)c1nonc1N. The third-order valence-corrected chi connectivity index (χ3v) is 2.95. The van der Waals surface area contributed by atoms with Gasteiger partial charge in [0.25, 0.3) is 5.91 Å². The number of carbonyl (C=O) groups excluding carboxylic acids is 2. The minimum atomic E-state index is -0.590. The fraction of sp³-hybridized carbons (Fsp3) is 0.600. The number of hydrogen-bond donors (Lipinski definition) is 1. The molecule has 1 aliphatic heterocycles. The second-order valence-corrected chi connectivity index (χ2v) is 4.03. The molecule has 0 spiro atoms. The van der Waals surface area contributed by atoms with Crippen molar-refractivity contribution in [2.45, 2.75) is 25.3 Å². The molecule has 1 aliphatic rings. The molecule has 0 aliphatic carbocycles. The largest absolute Gasteiger partial charge is 0.467 e. The summed E-state index contributed by atoms with van der Waals surface area (Å²) in [6.45, 7) is 0.463. The van der Waals surface area contributed by atoms with Crippen molar-refractivity contribution in [2.75, 3.05) is 19.4 Å². The van der Waals surface area contributed by atoms with E-state index in [0.29, 0.717) is 13.0 Å². The van der Waals surface area contributed by atoms with Crippen molar-refractivity contribution in [3.63, 3.8) is 0 Å². The number of hydrogen-bond acceptors (Lipinski definition) is 7. The molecule has 1 atom stereocenters. The highest BCUT2D eigenvalue weighted by atomic mass is 16.6. The van der Waals surface area contributed by atoms with Gasteiger partial charge >= 0.3 is 5.97 Å². The van der Waals surface area contributed by atoms with Crippen LogP contribution in [-0.4, -0.2) is 46.8 Å². The second kappa shape index (κ2) is 5.03. The summed E-state index contributed by atoms with van der Waals surface area (Å²) in [5.41, 5.74) is 5.41. The highest BCUT2D eigenvalue weighted by Crippen LogP contribution is 2.21. The Morgan fingerprint density at radius 3 is 2.83 bits per heavy atom. The molecule has 1 unspecified atom stereocenters. The lowest BCUT2D eigenvalue weighted by atomic mass is 10.0. The lowest BCUT2D eigenvalue weighted by Gasteiger charge is -2.33. The van der Waals surface area contributed by atoms with Crippen molar-refractivity contribution < 1.29 is 19.0 Å². The number of aromatic nitrogens is 2. The number of methoxy groups -OCH3 is 1. The summed E-state index contributed by atoms with van der Waals surface area (Å²) in [7, 11) is 1.30. The Hall–Kier alpha value is -2.12. The van der Waals surface area contributed by atoms with E-state index < -0.39 is 17.9 Å². The first-order chi connectivity index (χ1) is 8.65. The van der Waals surface area contributed by atoms with E-state index in [9.17, 15) is 9.59 Å². The van der Waals surface area contributed by atoms with Gasteiger partial charge in [-0.2, -0.15) is 0 Å². The first kappa shape index (κ1) is 12.3. The molecule has 8 heteroatoms. The molecule has 1 fully saturated rings. The van der Waals surface area contributed by atoms with Crippen molar-refractivity contribution in [3.8, 4) is 0 Å². The van der Waals surface area contributed by atoms with Gasteiger partial charge in [0.15, 0.2) is 0 Å². The fourth-order valence-corrected chi connectivity index (χ4v) is 2.04. The molecule has 1 saturated heterocycles. The smallest absolute Gasteiger partial charge is 0.328 e. The Kier molecular flexibility index (Phi) is 3.45. The van der Waals surface area contributed by atoms with Gasteiger partial charge in [0.2, 0.25) is 11.5 Å². The van der Waals surface area contributed by atoms with Crippen LogP contribution in [0, 0.1) is 0 Å². The van der Waals surface area contributed by atoms with Crippen LogP contribution >= 0.6 is 0 Å². The second-order valence-electron chi connectivity index (χ2n) is 4.03. The van der Waals surface area contributed by atoms with E-state index in [4.69, 9.17) is 10.5 Å². The van der Waals surface area contributed by atoms with Crippen LogP contribution in [0.5, 0.6) is 0 Å². The normalized spacial score (nSPS) is 19.6. The average Bonchev–Trinajstić information content (AvgIpc) is 2.83. The number of nitrogens with zero attached hydrogens (tertiary/aromatic N) is 3. The summed E-state index contributed by atoms with van der Waals surface area (Å²) in [6.07, 6.45) is 2.27. The molecule has 2 rings (SSSR count). The molecule has 0 aromatic carbocycles. The van der Waals surface area contributed by atoms with Crippen molar-refractivity contribution in [2.24, 2.45) is 0 Å². The van der Waals surface area contributed by atoms with Crippen molar-refractivity contribution in [1.82, 2.24) is 15.2 Å². The van der Waals surface area contributed by atoms with E-state index in [0.717, 1.165) is 12.8 Å².